The lowest BCUT2D eigenvalue weighted by atomic mass is 10.2. The summed E-state index contributed by atoms with van der Waals surface area (Å²) in [6, 6.07) is 6.07. The molecular weight excluding hydrogens is 376 g/mol. The van der Waals surface area contributed by atoms with Crippen LogP contribution in [-0.2, 0) is 6.54 Å². The Balaban J connectivity index is 1.35. The van der Waals surface area contributed by atoms with Gasteiger partial charge in [-0.05, 0) is 22.4 Å². The molecule has 2 fully saturated rings. The van der Waals surface area contributed by atoms with Crippen LogP contribution < -0.4 is 9.80 Å². The van der Waals surface area contributed by atoms with Gasteiger partial charge < -0.3 is 9.80 Å². The smallest absolute Gasteiger partial charge is 0.245 e. The molecule has 5 heterocycles. The molecule has 146 valence electrons. The summed E-state index contributed by atoms with van der Waals surface area (Å²) in [7, 11) is 0. The molecule has 0 spiro atoms. The minimum Gasteiger partial charge on any atom is -0.352 e. The summed E-state index contributed by atoms with van der Waals surface area (Å²) in [5.74, 6) is 4.01. The van der Waals surface area contributed by atoms with Gasteiger partial charge in [-0.3, -0.25) is 9.88 Å². The SMILES string of the molecule is c1ccc(CN2CCN(c3nc4nonc4nc3N3CCSCC3)CC2)nc1. The zero-order valence-corrected chi connectivity index (χ0v) is 16.4. The summed E-state index contributed by atoms with van der Waals surface area (Å²) in [6.07, 6.45) is 1.85. The molecule has 2 aliphatic heterocycles. The molecule has 0 aliphatic carbocycles. The number of hydrogen-bond acceptors (Lipinski definition) is 10. The van der Waals surface area contributed by atoms with Gasteiger partial charge in [0.1, 0.15) is 0 Å². The number of piperazine rings is 1. The number of aromatic nitrogens is 5. The molecule has 0 aromatic carbocycles. The van der Waals surface area contributed by atoms with Crippen LogP contribution in [0, 0.1) is 0 Å². The minimum atomic E-state index is 0.473. The Hall–Kier alpha value is -2.46. The highest BCUT2D eigenvalue weighted by molar-refractivity contribution is 7.99. The lowest BCUT2D eigenvalue weighted by Gasteiger charge is -2.37. The Morgan fingerprint density at radius 3 is 2.18 bits per heavy atom. The van der Waals surface area contributed by atoms with Crippen LogP contribution >= 0.6 is 11.8 Å². The van der Waals surface area contributed by atoms with E-state index in [-0.39, 0.29) is 0 Å². The Morgan fingerprint density at radius 2 is 1.54 bits per heavy atom. The standard InChI is InChI=1S/C18H22N8OS/c1-2-4-19-14(3-1)13-24-5-7-25(8-6-24)17-18(26-9-11-28-12-10-26)21-16-15(20-17)22-27-23-16/h1-4H,5-13H2. The number of fused-ring (bicyclic) bond motifs is 1. The van der Waals surface area contributed by atoms with Crippen LogP contribution in [0.3, 0.4) is 0 Å². The van der Waals surface area contributed by atoms with Crippen LogP contribution in [0.1, 0.15) is 5.69 Å². The van der Waals surface area contributed by atoms with Crippen LogP contribution in [0.15, 0.2) is 29.0 Å². The highest BCUT2D eigenvalue weighted by Crippen LogP contribution is 2.30. The number of anilines is 2. The van der Waals surface area contributed by atoms with E-state index in [2.05, 4.69) is 36.1 Å². The minimum absolute atomic E-state index is 0.473. The van der Waals surface area contributed by atoms with Crippen molar-refractivity contribution in [2.75, 3.05) is 60.6 Å². The average Bonchev–Trinajstić information content (AvgIpc) is 3.22. The van der Waals surface area contributed by atoms with Gasteiger partial charge in [0.05, 0.1) is 5.69 Å². The maximum Gasteiger partial charge on any atom is 0.245 e. The summed E-state index contributed by atoms with van der Waals surface area (Å²) in [5.41, 5.74) is 2.06. The van der Waals surface area contributed by atoms with Gasteiger partial charge in [-0.2, -0.15) is 11.8 Å². The fourth-order valence-corrected chi connectivity index (χ4v) is 4.56. The van der Waals surface area contributed by atoms with Crippen molar-refractivity contribution in [2.24, 2.45) is 0 Å². The molecule has 2 aliphatic rings. The van der Waals surface area contributed by atoms with Crippen molar-refractivity contribution in [1.82, 2.24) is 30.2 Å². The number of hydrogen-bond donors (Lipinski definition) is 0. The Labute approximate surface area is 167 Å². The van der Waals surface area contributed by atoms with Crippen molar-refractivity contribution < 1.29 is 4.63 Å². The first-order valence-corrected chi connectivity index (χ1v) is 10.7. The van der Waals surface area contributed by atoms with E-state index in [0.29, 0.717) is 11.3 Å². The normalized spacial score (nSPS) is 18.7. The average molecular weight is 398 g/mol. The maximum absolute atomic E-state index is 4.85. The van der Waals surface area contributed by atoms with Crippen LogP contribution in [-0.4, -0.2) is 80.9 Å². The number of rotatable bonds is 4. The van der Waals surface area contributed by atoms with Gasteiger partial charge in [-0.15, -0.1) is 0 Å². The molecule has 0 N–H and O–H groups in total. The fraction of sp³-hybridized carbons (Fsp3) is 0.500. The summed E-state index contributed by atoms with van der Waals surface area (Å²) in [6.45, 7) is 6.54. The molecule has 9 nitrogen and oxygen atoms in total. The Morgan fingerprint density at radius 1 is 0.857 bits per heavy atom. The van der Waals surface area contributed by atoms with Crippen LogP contribution in [0.4, 0.5) is 11.6 Å². The number of thioether (sulfide) groups is 1. The first kappa shape index (κ1) is 17.6. The van der Waals surface area contributed by atoms with E-state index in [1.54, 1.807) is 0 Å². The highest BCUT2D eigenvalue weighted by Gasteiger charge is 2.26. The Bertz CT molecular complexity index is 922. The molecule has 28 heavy (non-hydrogen) atoms. The molecule has 10 heteroatoms. The predicted molar refractivity (Wildman–Crippen MR) is 109 cm³/mol. The van der Waals surface area contributed by atoms with E-state index in [1.165, 1.54) is 0 Å². The van der Waals surface area contributed by atoms with Crippen LogP contribution in [0.5, 0.6) is 0 Å². The molecule has 0 amide bonds. The van der Waals surface area contributed by atoms with Gasteiger partial charge >= 0.3 is 0 Å². The molecule has 5 rings (SSSR count). The second-order valence-electron chi connectivity index (χ2n) is 6.97. The van der Waals surface area contributed by atoms with Crippen LogP contribution in [0.2, 0.25) is 0 Å². The van der Waals surface area contributed by atoms with E-state index in [4.69, 9.17) is 14.6 Å². The van der Waals surface area contributed by atoms with Gasteiger partial charge in [0.2, 0.25) is 11.3 Å². The topological polar surface area (TPSA) is 87.3 Å². The van der Waals surface area contributed by atoms with E-state index in [0.717, 1.165) is 74.6 Å². The van der Waals surface area contributed by atoms with Gasteiger partial charge in [-0.1, -0.05) is 6.07 Å². The predicted octanol–water partition coefficient (Wildman–Crippen LogP) is 1.28. The van der Waals surface area contributed by atoms with Crippen molar-refractivity contribution in [1.29, 1.82) is 0 Å². The monoisotopic (exact) mass is 398 g/mol. The first-order valence-electron chi connectivity index (χ1n) is 9.57. The third-order valence-corrected chi connectivity index (χ3v) is 6.11. The van der Waals surface area contributed by atoms with E-state index < -0.39 is 0 Å². The van der Waals surface area contributed by atoms with E-state index >= 15 is 0 Å². The zero-order valence-electron chi connectivity index (χ0n) is 15.6. The largest absolute Gasteiger partial charge is 0.352 e. The van der Waals surface area contributed by atoms with Crippen molar-refractivity contribution in [3.05, 3.63) is 30.1 Å². The molecule has 0 atom stereocenters. The number of pyridine rings is 1. The third-order valence-electron chi connectivity index (χ3n) is 5.17. The fourth-order valence-electron chi connectivity index (χ4n) is 3.66. The van der Waals surface area contributed by atoms with E-state index in [1.807, 2.05) is 30.1 Å². The lowest BCUT2D eigenvalue weighted by molar-refractivity contribution is 0.246. The molecule has 0 bridgehead atoms. The second-order valence-corrected chi connectivity index (χ2v) is 8.19. The van der Waals surface area contributed by atoms with Gasteiger partial charge in [0.15, 0.2) is 11.6 Å². The van der Waals surface area contributed by atoms with Gasteiger partial charge in [0.25, 0.3) is 0 Å². The lowest BCUT2D eigenvalue weighted by Crippen LogP contribution is -2.47. The molecule has 0 saturated carbocycles. The first-order chi connectivity index (χ1) is 13.9. The summed E-state index contributed by atoms with van der Waals surface area (Å²) < 4.78 is 4.85. The van der Waals surface area contributed by atoms with Gasteiger partial charge in [0, 0.05) is 63.5 Å². The molecule has 2 saturated heterocycles. The molecule has 0 radical (unpaired) electrons. The maximum atomic E-state index is 4.85. The van der Waals surface area contributed by atoms with Crippen LogP contribution in [0.25, 0.3) is 11.3 Å². The van der Waals surface area contributed by atoms with Crippen molar-refractivity contribution in [2.45, 2.75) is 6.54 Å². The highest BCUT2D eigenvalue weighted by atomic mass is 32.2. The molecule has 3 aromatic heterocycles. The third kappa shape index (κ3) is 3.61. The van der Waals surface area contributed by atoms with Crippen molar-refractivity contribution in [3.8, 4) is 0 Å². The van der Waals surface area contributed by atoms with Crippen molar-refractivity contribution in [3.63, 3.8) is 0 Å². The second kappa shape index (κ2) is 7.88. The Kier molecular flexibility index (Phi) is 4.96. The summed E-state index contributed by atoms with van der Waals surface area (Å²) in [4.78, 5) is 21.0. The quantitative estimate of drug-likeness (QED) is 0.640. The number of nitrogens with zero attached hydrogens (tertiary/aromatic N) is 8. The molecule has 0 unspecified atom stereocenters. The zero-order chi connectivity index (χ0) is 18.8. The molecular formula is C18H22N8OS. The van der Waals surface area contributed by atoms with Crippen molar-refractivity contribution >= 4 is 34.7 Å². The summed E-state index contributed by atoms with van der Waals surface area (Å²) >= 11 is 1.98. The molecule has 3 aromatic rings. The van der Waals surface area contributed by atoms with Gasteiger partial charge in [-0.25, -0.2) is 14.6 Å². The summed E-state index contributed by atoms with van der Waals surface area (Å²) in [5, 5.41) is 7.80. The van der Waals surface area contributed by atoms with E-state index in [9.17, 15) is 0 Å².